The van der Waals surface area contributed by atoms with Gasteiger partial charge in [0, 0.05) is 0 Å². The summed E-state index contributed by atoms with van der Waals surface area (Å²) in [5.41, 5.74) is 3.35. The van der Waals surface area contributed by atoms with Crippen LogP contribution >= 0.6 is 0 Å². The van der Waals surface area contributed by atoms with Gasteiger partial charge in [0.2, 0.25) is 0 Å². The maximum absolute atomic E-state index is 12.0. The molecule has 0 unspecified atom stereocenters. The van der Waals surface area contributed by atoms with Gasteiger partial charge in [-0.1, -0.05) is 60.7 Å². The van der Waals surface area contributed by atoms with Crippen LogP contribution < -0.4 is 9.47 Å². The van der Waals surface area contributed by atoms with Crippen LogP contribution in [0.5, 0.6) is 11.5 Å². The van der Waals surface area contributed by atoms with Gasteiger partial charge in [-0.05, 0) is 35.7 Å². The average Bonchev–Trinajstić information content (AvgIpc) is 2.72. The summed E-state index contributed by atoms with van der Waals surface area (Å²) >= 11 is 0. The van der Waals surface area contributed by atoms with Gasteiger partial charge in [0.1, 0.15) is 13.2 Å². The Kier molecular flexibility index (Phi) is 6.10. The van der Waals surface area contributed by atoms with Crippen molar-refractivity contribution in [1.82, 2.24) is 0 Å². The lowest BCUT2D eigenvalue weighted by molar-refractivity contribution is 0.0600. The zero-order valence-corrected chi connectivity index (χ0v) is 15.5. The molecule has 3 rings (SSSR count). The molecule has 3 aromatic carbocycles. The molecule has 4 nitrogen and oxygen atoms in total. The zero-order valence-electron chi connectivity index (χ0n) is 15.5. The first-order chi connectivity index (χ1) is 13.2. The fraction of sp³-hybridized carbons (Fsp3) is 0.174. The van der Waals surface area contributed by atoms with E-state index >= 15 is 0 Å². The first-order valence-electron chi connectivity index (χ1n) is 8.74. The van der Waals surface area contributed by atoms with E-state index in [1.54, 1.807) is 12.1 Å². The van der Waals surface area contributed by atoms with Crippen LogP contribution in [0.15, 0.2) is 72.8 Å². The standard InChI is InChI=1S/C23H22O4/c1-17-13-20(23(24)25-2)14-21(26-15-18-9-5-3-6-10-18)22(17)27-16-19-11-7-4-8-12-19/h3-14H,15-16H2,1-2H3. The van der Waals surface area contributed by atoms with Gasteiger partial charge in [-0.15, -0.1) is 0 Å². The summed E-state index contributed by atoms with van der Waals surface area (Å²) in [4.78, 5) is 12.0. The van der Waals surface area contributed by atoms with Gasteiger partial charge < -0.3 is 14.2 Å². The predicted molar refractivity (Wildman–Crippen MR) is 104 cm³/mol. The Hall–Kier alpha value is -3.27. The summed E-state index contributed by atoms with van der Waals surface area (Å²) in [5.74, 6) is 0.745. The van der Waals surface area contributed by atoms with Crippen LogP contribution in [0.25, 0.3) is 0 Å². The summed E-state index contributed by atoms with van der Waals surface area (Å²) in [6.07, 6.45) is 0. The second kappa shape index (κ2) is 8.90. The van der Waals surface area contributed by atoms with Crippen LogP contribution in [0.2, 0.25) is 0 Å². The first-order valence-corrected chi connectivity index (χ1v) is 8.74. The van der Waals surface area contributed by atoms with Crippen LogP contribution in [0.1, 0.15) is 27.0 Å². The molecule has 138 valence electrons. The molecule has 0 N–H and O–H groups in total. The van der Waals surface area contributed by atoms with Gasteiger partial charge in [0.25, 0.3) is 0 Å². The number of benzene rings is 3. The Morgan fingerprint density at radius 1 is 0.815 bits per heavy atom. The molecule has 0 aromatic heterocycles. The maximum atomic E-state index is 12.0. The van der Waals surface area contributed by atoms with Crippen LogP contribution in [0.4, 0.5) is 0 Å². The first kappa shape index (κ1) is 18.5. The molecule has 0 saturated heterocycles. The summed E-state index contributed by atoms with van der Waals surface area (Å²) in [6, 6.07) is 23.2. The highest BCUT2D eigenvalue weighted by Crippen LogP contribution is 2.34. The van der Waals surface area contributed by atoms with E-state index in [4.69, 9.17) is 14.2 Å². The van der Waals surface area contributed by atoms with E-state index in [0.29, 0.717) is 30.3 Å². The summed E-state index contributed by atoms with van der Waals surface area (Å²) in [7, 11) is 1.36. The number of aryl methyl sites for hydroxylation is 1. The van der Waals surface area contributed by atoms with Crippen LogP contribution in [0.3, 0.4) is 0 Å². The molecule has 0 saturated carbocycles. The van der Waals surface area contributed by atoms with E-state index in [-0.39, 0.29) is 0 Å². The molecule has 0 radical (unpaired) electrons. The number of hydrogen-bond acceptors (Lipinski definition) is 4. The number of ether oxygens (including phenoxy) is 3. The van der Waals surface area contributed by atoms with Gasteiger partial charge in [-0.3, -0.25) is 0 Å². The third-order valence-corrected chi connectivity index (χ3v) is 4.12. The van der Waals surface area contributed by atoms with Crippen molar-refractivity contribution in [3.8, 4) is 11.5 Å². The Morgan fingerprint density at radius 3 is 1.93 bits per heavy atom. The van der Waals surface area contributed by atoms with Crippen molar-refractivity contribution in [1.29, 1.82) is 0 Å². The Labute approximate surface area is 159 Å². The van der Waals surface area contributed by atoms with E-state index in [1.807, 2.05) is 67.6 Å². The minimum Gasteiger partial charge on any atom is -0.485 e. The predicted octanol–water partition coefficient (Wildman–Crippen LogP) is 4.94. The molecule has 0 heterocycles. The minimum atomic E-state index is -0.405. The van der Waals surface area contributed by atoms with Gasteiger partial charge in [0.15, 0.2) is 11.5 Å². The van der Waals surface area contributed by atoms with E-state index in [1.165, 1.54) is 7.11 Å². The van der Waals surface area contributed by atoms with Crippen molar-refractivity contribution in [3.05, 3.63) is 95.1 Å². The number of carbonyl (C=O) groups is 1. The number of rotatable bonds is 7. The smallest absolute Gasteiger partial charge is 0.337 e. The van der Waals surface area contributed by atoms with Crippen LogP contribution in [0, 0.1) is 6.92 Å². The van der Waals surface area contributed by atoms with Gasteiger partial charge in [-0.2, -0.15) is 0 Å². The number of methoxy groups -OCH3 is 1. The zero-order chi connectivity index (χ0) is 19.1. The summed E-state index contributed by atoms with van der Waals surface area (Å²) in [6.45, 7) is 2.69. The fourth-order valence-electron chi connectivity index (χ4n) is 2.73. The highest BCUT2D eigenvalue weighted by molar-refractivity contribution is 5.90. The second-order valence-corrected chi connectivity index (χ2v) is 6.16. The van der Waals surface area contributed by atoms with Crippen molar-refractivity contribution in [2.24, 2.45) is 0 Å². The molecule has 0 amide bonds. The Morgan fingerprint density at radius 2 is 1.37 bits per heavy atom. The Balaban J connectivity index is 1.86. The SMILES string of the molecule is COC(=O)c1cc(C)c(OCc2ccccc2)c(OCc2ccccc2)c1. The summed E-state index contributed by atoms with van der Waals surface area (Å²) < 4.78 is 16.9. The molecule has 3 aromatic rings. The van der Waals surface area contributed by atoms with Gasteiger partial charge >= 0.3 is 5.97 Å². The molecule has 0 aliphatic heterocycles. The van der Waals surface area contributed by atoms with Crippen molar-refractivity contribution >= 4 is 5.97 Å². The average molecular weight is 362 g/mol. The molecule has 0 aliphatic carbocycles. The van der Waals surface area contributed by atoms with Gasteiger partial charge in [-0.25, -0.2) is 4.79 Å². The lowest BCUT2D eigenvalue weighted by Gasteiger charge is -2.16. The third kappa shape index (κ3) is 4.88. The largest absolute Gasteiger partial charge is 0.485 e. The van der Waals surface area contributed by atoms with E-state index in [2.05, 4.69) is 0 Å². The van der Waals surface area contributed by atoms with E-state index in [9.17, 15) is 4.79 Å². The maximum Gasteiger partial charge on any atom is 0.337 e. The topological polar surface area (TPSA) is 44.8 Å². The number of carbonyl (C=O) groups excluding carboxylic acids is 1. The highest BCUT2D eigenvalue weighted by atomic mass is 16.5. The molecule has 4 heteroatoms. The molecule has 0 atom stereocenters. The molecule has 0 spiro atoms. The number of esters is 1. The molecule has 0 aliphatic rings. The lowest BCUT2D eigenvalue weighted by atomic mass is 10.1. The van der Waals surface area contributed by atoms with Crippen molar-refractivity contribution in [3.63, 3.8) is 0 Å². The second-order valence-electron chi connectivity index (χ2n) is 6.16. The van der Waals surface area contributed by atoms with Crippen LogP contribution in [-0.2, 0) is 18.0 Å². The van der Waals surface area contributed by atoms with Crippen molar-refractivity contribution < 1.29 is 19.0 Å². The van der Waals surface area contributed by atoms with Crippen molar-refractivity contribution in [2.75, 3.05) is 7.11 Å². The molecule has 27 heavy (non-hydrogen) atoms. The number of hydrogen-bond donors (Lipinski definition) is 0. The molecule has 0 bridgehead atoms. The fourth-order valence-corrected chi connectivity index (χ4v) is 2.73. The Bertz CT molecular complexity index is 889. The minimum absolute atomic E-state index is 0.382. The quantitative estimate of drug-likeness (QED) is 0.559. The van der Waals surface area contributed by atoms with Gasteiger partial charge in [0.05, 0.1) is 12.7 Å². The highest BCUT2D eigenvalue weighted by Gasteiger charge is 2.16. The molecular weight excluding hydrogens is 340 g/mol. The normalized spacial score (nSPS) is 10.3. The third-order valence-electron chi connectivity index (χ3n) is 4.12. The summed E-state index contributed by atoms with van der Waals surface area (Å²) in [5, 5.41) is 0. The van der Waals surface area contributed by atoms with Crippen LogP contribution in [-0.4, -0.2) is 13.1 Å². The van der Waals surface area contributed by atoms with E-state index in [0.717, 1.165) is 16.7 Å². The van der Waals surface area contributed by atoms with E-state index < -0.39 is 5.97 Å². The lowest BCUT2D eigenvalue weighted by Crippen LogP contribution is -2.06. The molecule has 0 fully saturated rings. The molecular formula is C23H22O4. The van der Waals surface area contributed by atoms with Crippen molar-refractivity contribution in [2.45, 2.75) is 20.1 Å². The monoisotopic (exact) mass is 362 g/mol.